The standard InChI is InChI=1S/C16H23N3O2/c1-5-8-16(3,15(20)21-4)17-9-13-11-19-10-12(2)6-7-14(19)18-13/h6-7,10-11,17H,5,8-9H2,1-4H3/t16-/m0/s1. The van der Waals surface area contributed by atoms with Crippen LogP contribution >= 0.6 is 0 Å². The Morgan fingerprint density at radius 3 is 2.86 bits per heavy atom. The SMILES string of the molecule is CCC[C@](C)(NCc1cn2cc(C)ccc2n1)C(=O)OC. The van der Waals surface area contributed by atoms with E-state index in [0.29, 0.717) is 6.54 Å². The number of imidazole rings is 1. The zero-order chi connectivity index (χ0) is 15.5. The van der Waals surface area contributed by atoms with Gasteiger partial charge in [0.25, 0.3) is 0 Å². The quantitative estimate of drug-likeness (QED) is 0.830. The molecule has 1 N–H and O–H groups in total. The van der Waals surface area contributed by atoms with Gasteiger partial charge in [-0.15, -0.1) is 0 Å². The van der Waals surface area contributed by atoms with E-state index in [4.69, 9.17) is 4.74 Å². The largest absolute Gasteiger partial charge is 0.468 e. The van der Waals surface area contributed by atoms with Crippen molar-refractivity contribution < 1.29 is 9.53 Å². The summed E-state index contributed by atoms with van der Waals surface area (Å²) in [6.45, 7) is 6.51. The number of hydrogen-bond acceptors (Lipinski definition) is 4. The van der Waals surface area contributed by atoms with Crippen LogP contribution in [0.3, 0.4) is 0 Å². The van der Waals surface area contributed by atoms with Gasteiger partial charge in [-0.25, -0.2) is 4.98 Å². The number of aromatic nitrogens is 2. The molecule has 0 aliphatic heterocycles. The Morgan fingerprint density at radius 1 is 1.43 bits per heavy atom. The monoisotopic (exact) mass is 289 g/mol. The number of nitrogens with zero attached hydrogens (tertiary/aromatic N) is 2. The highest BCUT2D eigenvalue weighted by atomic mass is 16.5. The second-order valence-electron chi connectivity index (χ2n) is 5.63. The van der Waals surface area contributed by atoms with Crippen molar-refractivity contribution in [1.82, 2.24) is 14.7 Å². The molecule has 21 heavy (non-hydrogen) atoms. The molecular weight excluding hydrogens is 266 g/mol. The number of esters is 1. The van der Waals surface area contributed by atoms with E-state index in [9.17, 15) is 4.79 Å². The van der Waals surface area contributed by atoms with Gasteiger partial charge in [-0.2, -0.15) is 0 Å². The molecule has 0 unspecified atom stereocenters. The lowest BCUT2D eigenvalue weighted by atomic mass is 9.96. The van der Waals surface area contributed by atoms with Crippen molar-refractivity contribution in [2.75, 3.05) is 7.11 Å². The molecule has 5 heteroatoms. The maximum absolute atomic E-state index is 12.0. The van der Waals surface area contributed by atoms with Gasteiger partial charge in [-0.3, -0.25) is 10.1 Å². The molecular formula is C16H23N3O2. The van der Waals surface area contributed by atoms with E-state index < -0.39 is 5.54 Å². The maximum Gasteiger partial charge on any atom is 0.325 e. The zero-order valence-corrected chi connectivity index (χ0v) is 13.1. The third kappa shape index (κ3) is 3.42. The van der Waals surface area contributed by atoms with Gasteiger partial charge in [0.1, 0.15) is 11.2 Å². The third-order valence-electron chi connectivity index (χ3n) is 3.69. The van der Waals surface area contributed by atoms with Crippen molar-refractivity contribution in [3.8, 4) is 0 Å². The molecule has 0 aromatic carbocycles. The molecule has 0 fully saturated rings. The summed E-state index contributed by atoms with van der Waals surface area (Å²) in [6.07, 6.45) is 5.66. The smallest absolute Gasteiger partial charge is 0.325 e. The predicted molar refractivity (Wildman–Crippen MR) is 82.1 cm³/mol. The molecule has 5 nitrogen and oxygen atoms in total. The third-order valence-corrected chi connectivity index (χ3v) is 3.69. The Labute approximate surface area is 125 Å². The topological polar surface area (TPSA) is 55.6 Å². The number of carbonyl (C=O) groups is 1. The maximum atomic E-state index is 12.0. The molecule has 0 amide bonds. The summed E-state index contributed by atoms with van der Waals surface area (Å²) in [5, 5.41) is 3.29. The number of aryl methyl sites for hydroxylation is 1. The van der Waals surface area contributed by atoms with Crippen molar-refractivity contribution in [2.45, 2.75) is 45.7 Å². The molecule has 0 aliphatic carbocycles. The molecule has 114 valence electrons. The van der Waals surface area contributed by atoms with Gasteiger partial charge in [-0.1, -0.05) is 19.4 Å². The first kappa shape index (κ1) is 15.5. The molecule has 2 aromatic heterocycles. The van der Waals surface area contributed by atoms with Crippen LogP contribution in [0.1, 0.15) is 37.9 Å². The first-order chi connectivity index (χ1) is 9.98. The van der Waals surface area contributed by atoms with Crippen LogP contribution in [0.15, 0.2) is 24.5 Å². The zero-order valence-electron chi connectivity index (χ0n) is 13.1. The highest BCUT2D eigenvalue weighted by Gasteiger charge is 2.32. The second kappa shape index (κ2) is 6.26. The summed E-state index contributed by atoms with van der Waals surface area (Å²) >= 11 is 0. The number of ether oxygens (including phenoxy) is 1. The molecule has 2 aromatic rings. The summed E-state index contributed by atoms with van der Waals surface area (Å²) in [7, 11) is 1.42. The van der Waals surface area contributed by atoms with E-state index in [1.807, 2.05) is 42.8 Å². The summed E-state index contributed by atoms with van der Waals surface area (Å²) in [5.74, 6) is -0.232. The average Bonchev–Trinajstić information content (AvgIpc) is 2.86. The Hall–Kier alpha value is -1.88. The molecule has 1 atom stereocenters. The van der Waals surface area contributed by atoms with Crippen LogP contribution in [0, 0.1) is 6.92 Å². The number of nitrogens with one attached hydrogen (secondary N) is 1. The van der Waals surface area contributed by atoms with Crippen LogP contribution in [0.2, 0.25) is 0 Å². The molecule has 0 radical (unpaired) electrons. The molecule has 0 saturated heterocycles. The molecule has 0 spiro atoms. The Bertz CT molecular complexity index is 635. The van der Waals surface area contributed by atoms with Crippen molar-refractivity contribution in [2.24, 2.45) is 0 Å². The molecule has 2 heterocycles. The number of pyridine rings is 1. The van der Waals surface area contributed by atoms with Gasteiger partial charge >= 0.3 is 5.97 Å². The second-order valence-corrected chi connectivity index (χ2v) is 5.63. The molecule has 0 saturated carbocycles. The first-order valence-corrected chi connectivity index (χ1v) is 7.26. The summed E-state index contributed by atoms with van der Waals surface area (Å²) in [4.78, 5) is 16.5. The van der Waals surface area contributed by atoms with Crippen molar-refractivity contribution in [1.29, 1.82) is 0 Å². The van der Waals surface area contributed by atoms with Gasteiger partial charge < -0.3 is 9.14 Å². The van der Waals surface area contributed by atoms with Crippen LogP contribution in [0.25, 0.3) is 5.65 Å². The van der Waals surface area contributed by atoms with Gasteiger partial charge in [-0.05, 0) is 31.9 Å². The fraction of sp³-hybridized carbons (Fsp3) is 0.500. The van der Waals surface area contributed by atoms with Crippen molar-refractivity contribution in [3.05, 3.63) is 35.8 Å². The van der Waals surface area contributed by atoms with E-state index in [1.165, 1.54) is 12.7 Å². The van der Waals surface area contributed by atoms with Crippen molar-refractivity contribution >= 4 is 11.6 Å². The minimum absolute atomic E-state index is 0.232. The van der Waals surface area contributed by atoms with E-state index in [0.717, 1.165) is 24.2 Å². The van der Waals surface area contributed by atoms with Gasteiger partial charge in [0.05, 0.1) is 12.8 Å². The summed E-state index contributed by atoms with van der Waals surface area (Å²) < 4.78 is 6.91. The molecule has 0 aliphatic rings. The molecule has 0 bridgehead atoms. The highest BCUT2D eigenvalue weighted by molar-refractivity contribution is 5.80. The summed E-state index contributed by atoms with van der Waals surface area (Å²) in [5.41, 5.74) is 2.33. The Kier molecular flexibility index (Phi) is 4.63. The number of methoxy groups -OCH3 is 1. The normalized spacial score (nSPS) is 14.1. The lowest BCUT2D eigenvalue weighted by Crippen LogP contribution is -2.49. The van der Waals surface area contributed by atoms with Crippen molar-refractivity contribution in [3.63, 3.8) is 0 Å². The average molecular weight is 289 g/mol. The van der Waals surface area contributed by atoms with Gasteiger partial charge in [0.15, 0.2) is 0 Å². The summed E-state index contributed by atoms with van der Waals surface area (Å²) in [6, 6.07) is 4.03. The van der Waals surface area contributed by atoms with E-state index in [-0.39, 0.29) is 5.97 Å². The lowest BCUT2D eigenvalue weighted by molar-refractivity contribution is -0.148. The number of fused-ring (bicyclic) bond motifs is 1. The first-order valence-electron chi connectivity index (χ1n) is 7.26. The van der Waals surface area contributed by atoms with Crippen LogP contribution in [-0.4, -0.2) is 28.0 Å². The fourth-order valence-corrected chi connectivity index (χ4v) is 2.51. The number of carbonyl (C=O) groups excluding carboxylic acids is 1. The highest BCUT2D eigenvalue weighted by Crippen LogP contribution is 2.16. The number of rotatable bonds is 6. The van der Waals surface area contributed by atoms with Gasteiger partial charge in [0.2, 0.25) is 0 Å². The van der Waals surface area contributed by atoms with Crippen LogP contribution in [0.4, 0.5) is 0 Å². The van der Waals surface area contributed by atoms with E-state index in [2.05, 4.69) is 17.2 Å². The molecule has 2 rings (SSSR count). The Balaban J connectivity index is 2.13. The van der Waals surface area contributed by atoms with Crippen LogP contribution < -0.4 is 5.32 Å². The van der Waals surface area contributed by atoms with Gasteiger partial charge in [0, 0.05) is 18.9 Å². The van der Waals surface area contributed by atoms with Crippen LogP contribution in [0.5, 0.6) is 0 Å². The predicted octanol–water partition coefficient (Wildman–Crippen LogP) is 2.46. The van der Waals surface area contributed by atoms with E-state index >= 15 is 0 Å². The van der Waals surface area contributed by atoms with E-state index in [1.54, 1.807) is 0 Å². The fourth-order valence-electron chi connectivity index (χ4n) is 2.51. The number of hydrogen-bond donors (Lipinski definition) is 1. The Morgan fingerprint density at radius 2 is 2.19 bits per heavy atom. The van der Waals surface area contributed by atoms with Crippen LogP contribution in [-0.2, 0) is 16.1 Å². The lowest BCUT2D eigenvalue weighted by Gasteiger charge is -2.27. The minimum atomic E-state index is -0.671. The minimum Gasteiger partial charge on any atom is -0.468 e.